The van der Waals surface area contributed by atoms with Crippen molar-refractivity contribution in [2.45, 2.75) is 19.9 Å². The minimum atomic E-state index is 0.182. The van der Waals surface area contributed by atoms with Gasteiger partial charge in [-0.05, 0) is 42.0 Å². The summed E-state index contributed by atoms with van der Waals surface area (Å²) in [6, 6.07) is 19.6. The first-order chi connectivity index (χ1) is 10.2. The van der Waals surface area contributed by atoms with Crippen LogP contribution >= 0.6 is 11.3 Å². The van der Waals surface area contributed by atoms with Gasteiger partial charge < -0.3 is 5.32 Å². The van der Waals surface area contributed by atoms with E-state index in [0.29, 0.717) is 0 Å². The zero-order chi connectivity index (χ0) is 14.7. The number of hydrogen-bond acceptors (Lipinski definition) is 2. The van der Waals surface area contributed by atoms with Crippen LogP contribution in [-0.4, -0.2) is 0 Å². The molecule has 1 N–H and O–H groups in total. The molecule has 21 heavy (non-hydrogen) atoms. The molecule has 0 saturated carbocycles. The van der Waals surface area contributed by atoms with Crippen molar-refractivity contribution in [2.24, 2.45) is 0 Å². The van der Waals surface area contributed by atoms with Crippen LogP contribution in [0.25, 0.3) is 0 Å². The van der Waals surface area contributed by atoms with E-state index in [4.69, 9.17) is 0 Å². The second kappa shape index (κ2) is 6.15. The van der Waals surface area contributed by atoms with Gasteiger partial charge in [0.2, 0.25) is 0 Å². The molecule has 0 aliphatic rings. The van der Waals surface area contributed by atoms with Gasteiger partial charge in [-0.3, -0.25) is 0 Å². The standard InChI is InChI=1S/C19H19NS/c1-14-8-9-18(15(2)12-14)19(16-6-4-3-5-7-16)20-17-10-11-21-13-17/h3-13,19-20H,1-2H3. The molecule has 0 aliphatic heterocycles. The Morgan fingerprint density at radius 3 is 2.43 bits per heavy atom. The van der Waals surface area contributed by atoms with Crippen LogP contribution in [-0.2, 0) is 0 Å². The van der Waals surface area contributed by atoms with Crippen LogP contribution in [0, 0.1) is 13.8 Å². The summed E-state index contributed by atoms with van der Waals surface area (Å²) < 4.78 is 0. The van der Waals surface area contributed by atoms with Crippen LogP contribution in [0.4, 0.5) is 5.69 Å². The molecule has 2 heteroatoms. The molecule has 0 spiro atoms. The third-order valence-electron chi connectivity index (χ3n) is 3.70. The second-order valence-electron chi connectivity index (χ2n) is 5.36. The van der Waals surface area contributed by atoms with Crippen LogP contribution in [0.1, 0.15) is 28.3 Å². The minimum Gasteiger partial charge on any atom is -0.373 e. The molecule has 2 aromatic carbocycles. The van der Waals surface area contributed by atoms with Gasteiger partial charge in [0.15, 0.2) is 0 Å². The SMILES string of the molecule is Cc1ccc(C(Nc2ccsc2)c2ccccc2)c(C)c1. The van der Waals surface area contributed by atoms with Crippen molar-refractivity contribution in [1.29, 1.82) is 0 Å². The minimum absolute atomic E-state index is 0.182. The predicted molar refractivity (Wildman–Crippen MR) is 92.1 cm³/mol. The Kier molecular flexibility index (Phi) is 4.07. The molecule has 0 aliphatic carbocycles. The molecule has 3 rings (SSSR count). The fraction of sp³-hybridized carbons (Fsp3) is 0.158. The summed E-state index contributed by atoms with van der Waals surface area (Å²) in [6.07, 6.45) is 0. The van der Waals surface area contributed by atoms with E-state index in [1.807, 2.05) is 0 Å². The number of benzene rings is 2. The lowest BCUT2D eigenvalue weighted by Crippen LogP contribution is -2.13. The Morgan fingerprint density at radius 2 is 1.76 bits per heavy atom. The molecular weight excluding hydrogens is 274 g/mol. The van der Waals surface area contributed by atoms with Crippen molar-refractivity contribution in [3.05, 3.63) is 87.6 Å². The van der Waals surface area contributed by atoms with E-state index in [2.05, 4.69) is 84.5 Å². The topological polar surface area (TPSA) is 12.0 Å². The average Bonchev–Trinajstić information content (AvgIpc) is 2.99. The zero-order valence-electron chi connectivity index (χ0n) is 12.3. The Bertz CT molecular complexity index is 702. The van der Waals surface area contributed by atoms with E-state index in [1.54, 1.807) is 11.3 Å². The first-order valence-electron chi connectivity index (χ1n) is 7.15. The van der Waals surface area contributed by atoms with Gasteiger partial charge in [-0.1, -0.05) is 54.1 Å². The van der Waals surface area contributed by atoms with E-state index in [9.17, 15) is 0 Å². The van der Waals surface area contributed by atoms with Gasteiger partial charge in [0.25, 0.3) is 0 Å². The summed E-state index contributed by atoms with van der Waals surface area (Å²) in [7, 11) is 0. The van der Waals surface area contributed by atoms with Crippen LogP contribution in [0.15, 0.2) is 65.4 Å². The van der Waals surface area contributed by atoms with E-state index in [-0.39, 0.29) is 6.04 Å². The van der Waals surface area contributed by atoms with Crippen molar-refractivity contribution in [3.8, 4) is 0 Å². The van der Waals surface area contributed by atoms with Crippen LogP contribution in [0.5, 0.6) is 0 Å². The lowest BCUT2D eigenvalue weighted by molar-refractivity contribution is 0.926. The third-order valence-corrected chi connectivity index (χ3v) is 4.38. The Hall–Kier alpha value is -2.06. The Labute approximate surface area is 130 Å². The van der Waals surface area contributed by atoms with E-state index >= 15 is 0 Å². The van der Waals surface area contributed by atoms with Crippen LogP contribution in [0.3, 0.4) is 0 Å². The Morgan fingerprint density at radius 1 is 0.952 bits per heavy atom. The molecular formula is C19H19NS. The number of aryl methyl sites for hydroxylation is 2. The molecule has 1 unspecified atom stereocenters. The smallest absolute Gasteiger partial charge is 0.0770 e. The molecule has 0 bridgehead atoms. The maximum absolute atomic E-state index is 3.66. The highest BCUT2D eigenvalue weighted by Crippen LogP contribution is 2.30. The van der Waals surface area contributed by atoms with Crippen molar-refractivity contribution >= 4 is 17.0 Å². The summed E-state index contributed by atoms with van der Waals surface area (Å²) in [5.41, 5.74) is 6.42. The molecule has 1 nitrogen and oxygen atoms in total. The molecule has 0 saturated heterocycles. The number of thiophene rings is 1. The van der Waals surface area contributed by atoms with Crippen molar-refractivity contribution in [2.75, 3.05) is 5.32 Å². The van der Waals surface area contributed by atoms with Gasteiger partial charge in [-0.2, -0.15) is 11.3 Å². The van der Waals surface area contributed by atoms with Gasteiger partial charge in [0.1, 0.15) is 0 Å². The summed E-state index contributed by atoms with van der Waals surface area (Å²) in [4.78, 5) is 0. The summed E-state index contributed by atoms with van der Waals surface area (Å²) in [5.74, 6) is 0. The molecule has 3 aromatic rings. The van der Waals surface area contributed by atoms with Crippen LogP contribution in [0.2, 0.25) is 0 Å². The molecule has 0 amide bonds. The van der Waals surface area contributed by atoms with Gasteiger partial charge >= 0.3 is 0 Å². The highest BCUT2D eigenvalue weighted by molar-refractivity contribution is 7.08. The summed E-state index contributed by atoms with van der Waals surface area (Å²) in [6.45, 7) is 4.33. The normalized spacial score (nSPS) is 12.1. The lowest BCUT2D eigenvalue weighted by Gasteiger charge is -2.22. The maximum atomic E-state index is 3.66. The maximum Gasteiger partial charge on any atom is 0.0770 e. The fourth-order valence-electron chi connectivity index (χ4n) is 2.65. The number of hydrogen-bond donors (Lipinski definition) is 1. The van der Waals surface area contributed by atoms with E-state index in [1.165, 1.54) is 27.9 Å². The molecule has 1 atom stereocenters. The van der Waals surface area contributed by atoms with Crippen molar-refractivity contribution in [1.82, 2.24) is 0 Å². The molecule has 0 fully saturated rings. The molecule has 1 aromatic heterocycles. The summed E-state index contributed by atoms with van der Waals surface area (Å²) in [5, 5.41) is 7.92. The van der Waals surface area contributed by atoms with Crippen LogP contribution < -0.4 is 5.32 Å². The number of nitrogens with one attached hydrogen (secondary N) is 1. The lowest BCUT2D eigenvalue weighted by atomic mass is 9.93. The largest absolute Gasteiger partial charge is 0.373 e. The quantitative estimate of drug-likeness (QED) is 0.663. The van der Waals surface area contributed by atoms with Gasteiger partial charge in [-0.15, -0.1) is 0 Å². The predicted octanol–water partition coefficient (Wildman–Crippen LogP) is 5.57. The average molecular weight is 293 g/mol. The molecule has 0 radical (unpaired) electrons. The zero-order valence-corrected chi connectivity index (χ0v) is 13.2. The van der Waals surface area contributed by atoms with E-state index in [0.717, 1.165) is 0 Å². The monoisotopic (exact) mass is 293 g/mol. The molecule has 1 heterocycles. The van der Waals surface area contributed by atoms with Crippen molar-refractivity contribution in [3.63, 3.8) is 0 Å². The number of rotatable bonds is 4. The third kappa shape index (κ3) is 3.17. The highest BCUT2D eigenvalue weighted by Gasteiger charge is 2.16. The van der Waals surface area contributed by atoms with Crippen molar-refractivity contribution < 1.29 is 0 Å². The molecule has 106 valence electrons. The van der Waals surface area contributed by atoms with Gasteiger partial charge in [0, 0.05) is 11.1 Å². The first kappa shape index (κ1) is 13.9. The van der Waals surface area contributed by atoms with Gasteiger partial charge in [-0.25, -0.2) is 0 Å². The Balaban J connectivity index is 2.03. The second-order valence-corrected chi connectivity index (χ2v) is 6.14. The van der Waals surface area contributed by atoms with E-state index < -0.39 is 0 Å². The summed E-state index contributed by atoms with van der Waals surface area (Å²) >= 11 is 1.72. The fourth-order valence-corrected chi connectivity index (χ4v) is 3.25. The number of anilines is 1. The van der Waals surface area contributed by atoms with Gasteiger partial charge in [0.05, 0.1) is 6.04 Å². The highest BCUT2D eigenvalue weighted by atomic mass is 32.1. The first-order valence-corrected chi connectivity index (χ1v) is 8.09.